The van der Waals surface area contributed by atoms with Gasteiger partial charge in [-0.05, 0) is 43.3 Å². The zero-order valence-electron chi connectivity index (χ0n) is 23.6. The number of amides is 3. The van der Waals surface area contributed by atoms with Crippen molar-refractivity contribution in [1.82, 2.24) is 24.7 Å². The molecular formula is C29H31ClF2N6O5. The third kappa shape index (κ3) is 6.05. The molecule has 3 heterocycles. The van der Waals surface area contributed by atoms with Gasteiger partial charge in [-0.1, -0.05) is 11.6 Å². The molecule has 3 aromatic rings. The van der Waals surface area contributed by atoms with Crippen LogP contribution >= 0.6 is 11.6 Å². The molecular weight excluding hydrogens is 586 g/mol. The Balaban J connectivity index is 1.22. The lowest BCUT2D eigenvalue weighted by Gasteiger charge is -2.38. The predicted molar refractivity (Wildman–Crippen MR) is 154 cm³/mol. The van der Waals surface area contributed by atoms with E-state index in [0.717, 1.165) is 0 Å². The zero-order chi connectivity index (χ0) is 30.8. The molecule has 228 valence electrons. The molecule has 0 saturated carbocycles. The first-order valence-electron chi connectivity index (χ1n) is 13.7. The fourth-order valence-corrected chi connectivity index (χ4v) is 5.64. The minimum atomic E-state index is -1.15. The van der Waals surface area contributed by atoms with Crippen molar-refractivity contribution in [2.45, 2.75) is 12.5 Å². The Labute approximate surface area is 251 Å². The zero-order valence-corrected chi connectivity index (χ0v) is 24.3. The van der Waals surface area contributed by atoms with E-state index >= 15 is 0 Å². The summed E-state index contributed by atoms with van der Waals surface area (Å²) in [5.74, 6) is -4.06. The number of aliphatic hydroxyl groups is 1. The lowest BCUT2D eigenvalue weighted by atomic mass is 9.93. The molecule has 3 N–H and O–H groups in total. The number of nitrogens with zero attached hydrogens (tertiary/aromatic N) is 4. The van der Waals surface area contributed by atoms with Gasteiger partial charge in [0.05, 0.1) is 41.6 Å². The molecule has 2 saturated heterocycles. The van der Waals surface area contributed by atoms with E-state index in [-0.39, 0.29) is 45.2 Å². The number of methoxy groups -OCH3 is 1. The molecule has 11 nitrogen and oxygen atoms in total. The third-order valence-corrected chi connectivity index (χ3v) is 8.15. The lowest BCUT2D eigenvalue weighted by molar-refractivity contribution is -0.141. The smallest absolute Gasteiger partial charge is 0.291 e. The number of hydrogen-bond donors (Lipinski definition) is 3. The van der Waals surface area contributed by atoms with Crippen LogP contribution in [0.2, 0.25) is 5.02 Å². The number of halogens is 3. The summed E-state index contributed by atoms with van der Waals surface area (Å²) >= 11 is 6.44. The second-order valence-corrected chi connectivity index (χ2v) is 10.8. The summed E-state index contributed by atoms with van der Waals surface area (Å²) in [6, 6.07) is 7.08. The van der Waals surface area contributed by atoms with Crippen molar-refractivity contribution < 1.29 is 33.0 Å². The van der Waals surface area contributed by atoms with Gasteiger partial charge in [0.25, 0.3) is 11.8 Å². The number of β-amino-alcohol motifs (C(OH)–C–C–N with tert-alkyl or cyclic N) is 1. The molecule has 2 aliphatic rings. The summed E-state index contributed by atoms with van der Waals surface area (Å²) in [7, 11) is 2.72. The maximum atomic E-state index is 14.6. The standard InChI is InChI=1S/C29H31ClF2N6O5/c1-36-21(18-5-6-23(43-2)25(32)24(18)31)14-34-26(36)27(40)35-16-3-4-17(20(30)13-16)28(41)37-9-11-38(12-10-37)29(42)19-7-8-33-15-22(19)39/h3-6,13-14,19,22,33,39H,7-12,15H2,1-2H3,(H,35,40)/t19-,22+/m1/s1. The lowest BCUT2D eigenvalue weighted by Crippen LogP contribution is -2.55. The Bertz CT molecular complexity index is 1560. The second-order valence-electron chi connectivity index (χ2n) is 10.4. The fraction of sp³-hybridized carbons (Fsp3) is 0.379. The van der Waals surface area contributed by atoms with Crippen LogP contribution in [-0.2, 0) is 11.8 Å². The van der Waals surface area contributed by atoms with Gasteiger partial charge < -0.3 is 34.8 Å². The molecule has 1 aromatic heterocycles. The largest absolute Gasteiger partial charge is 0.494 e. The van der Waals surface area contributed by atoms with Crippen molar-refractivity contribution in [3.63, 3.8) is 0 Å². The van der Waals surface area contributed by atoms with Crippen LogP contribution < -0.4 is 15.4 Å². The van der Waals surface area contributed by atoms with E-state index in [0.29, 0.717) is 51.4 Å². The summed E-state index contributed by atoms with van der Waals surface area (Å²) in [5.41, 5.74) is 0.627. The van der Waals surface area contributed by atoms with Gasteiger partial charge in [0, 0.05) is 51.0 Å². The average Bonchev–Trinajstić information content (AvgIpc) is 3.39. The van der Waals surface area contributed by atoms with Gasteiger partial charge in [-0.2, -0.15) is 4.39 Å². The summed E-state index contributed by atoms with van der Waals surface area (Å²) in [5, 5.41) is 16.0. The number of rotatable bonds is 6. The van der Waals surface area contributed by atoms with Crippen molar-refractivity contribution in [2.75, 3.05) is 51.7 Å². The second kappa shape index (κ2) is 12.7. The number of piperidine rings is 1. The van der Waals surface area contributed by atoms with E-state index in [1.807, 2.05) is 0 Å². The molecule has 0 radical (unpaired) electrons. The fourth-order valence-electron chi connectivity index (χ4n) is 5.38. The molecule has 2 atom stereocenters. The third-order valence-electron chi connectivity index (χ3n) is 7.84. The van der Waals surface area contributed by atoms with Crippen LogP contribution in [0.4, 0.5) is 14.5 Å². The van der Waals surface area contributed by atoms with Gasteiger partial charge in [-0.3, -0.25) is 14.4 Å². The Morgan fingerprint density at radius 2 is 1.81 bits per heavy atom. The molecule has 0 bridgehead atoms. The highest BCUT2D eigenvalue weighted by Crippen LogP contribution is 2.30. The van der Waals surface area contributed by atoms with Gasteiger partial charge in [0.15, 0.2) is 17.4 Å². The molecule has 14 heteroatoms. The molecule has 2 aromatic carbocycles. The minimum Gasteiger partial charge on any atom is -0.494 e. The Morgan fingerprint density at radius 1 is 1.09 bits per heavy atom. The molecule has 0 spiro atoms. The molecule has 0 aliphatic carbocycles. The highest BCUT2D eigenvalue weighted by Gasteiger charge is 2.35. The van der Waals surface area contributed by atoms with E-state index in [1.54, 1.807) is 9.80 Å². The summed E-state index contributed by atoms with van der Waals surface area (Å²) in [6.45, 7) is 2.41. The maximum Gasteiger partial charge on any atom is 0.291 e. The van der Waals surface area contributed by atoms with Crippen LogP contribution in [0.15, 0.2) is 36.5 Å². The molecule has 5 rings (SSSR count). The van der Waals surface area contributed by atoms with Gasteiger partial charge in [0.2, 0.25) is 11.7 Å². The quantitative estimate of drug-likeness (QED) is 0.388. The average molecular weight is 617 g/mol. The molecule has 2 aliphatic heterocycles. The first-order chi connectivity index (χ1) is 20.6. The number of carbonyl (C=O) groups excluding carboxylic acids is 3. The number of anilines is 1. The number of aromatic nitrogens is 2. The van der Waals surface area contributed by atoms with E-state index < -0.39 is 29.6 Å². The van der Waals surface area contributed by atoms with E-state index in [2.05, 4.69) is 15.6 Å². The van der Waals surface area contributed by atoms with Gasteiger partial charge in [-0.15, -0.1) is 0 Å². The number of imidazole rings is 1. The van der Waals surface area contributed by atoms with Crippen LogP contribution in [-0.4, -0.2) is 94.7 Å². The van der Waals surface area contributed by atoms with Crippen LogP contribution in [0, 0.1) is 17.6 Å². The topological polar surface area (TPSA) is 129 Å². The highest BCUT2D eigenvalue weighted by molar-refractivity contribution is 6.34. The summed E-state index contributed by atoms with van der Waals surface area (Å²) in [4.78, 5) is 46.4. The first kappa shape index (κ1) is 30.4. The molecule has 2 fully saturated rings. The number of hydrogen-bond acceptors (Lipinski definition) is 7. The SMILES string of the molecule is COc1ccc(-c2cnc(C(=O)Nc3ccc(C(=O)N4CCN(C(=O)[C@@H]5CCNC[C@@H]5O)CC4)c(Cl)c3)n2C)c(F)c1F. The number of ether oxygens (including phenoxy) is 1. The molecule has 0 unspecified atom stereocenters. The van der Waals surface area contributed by atoms with Crippen molar-refractivity contribution in [3.05, 3.63) is 64.6 Å². The van der Waals surface area contributed by atoms with Crippen molar-refractivity contribution >= 4 is 35.0 Å². The Kier molecular flexibility index (Phi) is 8.95. The highest BCUT2D eigenvalue weighted by atomic mass is 35.5. The number of piperazine rings is 1. The number of benzene rings is 2. The van der Waals surface area contributed by atoms with Crippen molar-refractivity contribution in [3.8, 4) is 17.0 Å². The van der Waals surface area contributed by atoms with Crippen molar-refractivity contribution in [2.24, 2.45) is 13.0 Å². The minimum absolute atomic E-state index is 0.0636. The summed E-state index contributed by atoms with van der Waals surface area (Å²) in [6.07, 6.45) is 1.11. The normalized spacial score (nSPS) is 18.8. The van der Waals surface area contributed by atoms with Gasteiger partial charge >= 0.3 is 0 Å². The molecule has 43 heavy (non-hydrogen) atoms. The number of aliphatic hydroxyl groups excluding tert-OH is 1. The van der Waals surface area contributed by atoms with E-state index in [4.69, 9.17) is 16.3 Å². The van der Waals surface area contributed by atoms with Crippen LogP contribution in [0.5, 0.6) is 5.75 Å². The Morgan fingerprint density at radius 3 is 2.49 bits per heavy atom. The summed E-state index contributed by atoms with van der Waals surface area (Å²) < 4.78 is 35.0. The van der Waals surface area contributed by atoms with E-state index in [9.17, 15) is 28.3 Å². The number of carbonyl (C=O) groups is 3. The van der Waals surface area contributed by atoms with Crippen LogP contribution in [0.25, 0.3) is 11.3 Å². The maximum absolute atomic E-state index is 14.6. The van der Waals surface area contributed by atoms with Gasteiger partial charge in [-0.25, -0.2) is 9.37 Å². The first-order valence-corrected chi connectivity index (χ1v) is 14.1. The predicted octanol–water partition coefficient (Wildman–Crippen LogP) is 2.53. The van der Waals surface area contributed by atoms with E-state index in [1.165, 1.54) is 55.3 Å². The monoisotopic (exact) mass is 616 g/mol. The van der Waals surface area contributed by atoms with Gasteiger partial charge in [0.1, 0.15) is 0 Å². The number of nitrogens with one attached hydrogen (secondary N) is 2. The molecule has 3 amide bonds. The van der Waals surface area contributed by atoms with Crippen molar-refractivity contribution in [1.29, 1.82) is 0 Å². The Hall–Kier alpha value is -4.07. The van der Waals surface area contributed by atoms with Crippen LogP contribution in [0.3, 0.4) is 0 Å². The van der Waals surface area contributed by atoms with Crippen LogP contribution in [0.1, 0.15) is 27.4 Å².